The van der Waals surface area contributed by atoms with E-state index in [1.807, 2.05) is 11.8 Å². The Morgan fingerprint density at radius 1 is 1.65 bits per heavy atom. The normalized spacial score (nSPS) is 23.9. The van der Waals surface area contributed by atoms with Crippen molar-refractivity contribution >= 4 is 40.6 Å². The molecule has 2 heterocycles. The first kappa shape index (κ1) is 13.2. The second-order valence-electron chi connectivity index (χ2n) is 3.98. The van der Waals surface area contributed by atoms with Crippen molar-refractivity contribution in [1.82, 2.24) is 5.32 Å². The minimum absolute atomic E-state index is 0.0739. The van der Waals surface area contributed by atoms with Crippen molar-refractivity contribution in [2.24, 2.45) is 0 Å². The second kappa shape index (κ2) is 5.61. The van der Waals surface area contributed by atoms with Crippen LogP contribution in [0.2, 0.25) is 4.34 Å². The summed E-state index contributed by atoms with van der Waals surface area (Å²) >= 11 is 8.95. The summed E-state index contributed by atoms with van der Waals surface area (Å²) in [5, 5.41) is 2.92. The van der Waals surface area contributed by atoms with Gasteiger partial charge in [-0.3, -0.25) is 4.79 Å². The summed E-state index contributed by atoms with van der Waals surface area (Å²) < 4.78 is 6.16. The van der Waals surface area contributed by atoms with Crippen LogP contribution in [0.1, 0.15) is 16.1 Å². The van der Waals surface area contributed by atoms with Crippen molar-refractivity contribution in [2.75, 3.05) is 25.2 Å². The molecule has 1 saturated heterocycles. The summed E-state index contributed by atoms with van der Waals surface area (Å²) in [5.41, 5.74) is -0.193. The number of carbonyl (C=O) groups is 1. The third kappa shape index (κ3) is 3.16. The third-order valence-electron chi connectivity index (χ3n) is 2.87. The summed E-state index contributed by atoms with van der Waals surface area (Å²) in [6, 6.07) is 3.48. The van der Waals surface area contributed by atoms with Gasteiger partial charge in [-0.2, -0.15) is 11.8 Å². The molecule has 0 saturated carbocycles. The largest absolute Gasteiger partial charge is 0.376 e. The molecule has 1 atom stereocenters. The maximum absolute atomic E-state index is 11.9. The van der Waals surface area contributed by atoms with E-state index >= 15 is 0 Å². The molecule has 2 rings (SSSR count). The number of hydrogen-bond acceptors (Lipinski definition) is 4. The van der Waals surface area contributed by atoms with Gasteiger partial charge >= 0.3 is 0 Å². The van der Waals surface area contributed by atoms with Crippen LogP contribution in [0, 0.1) is 0 Å². The smallest absolute Gasteiger partial charge is 0.261 e. The van der Waals surface area contributed by atoms with E-state index in [-0.39, 0.29) is 11.5 Å². The zero-order valence-corrected chi connectivity index (χ0v) is 11.9. The highest BCUT2D eigenvalue weighted by Crippen LogP contribution is 2.30. The Morgan fingerprint density at radius 2 is 2.47 bits per heavy atom. The highest BCUT2D eigenvalue weighted by atomic mass is 35.5. The molecule has 0 aliphatic carbocycles. The number of amides is 1. The minimum atomic E-state index is -0.193. The fourth-order valence-corrected chi connectivity index (χ4v) is 4.08. The lowest BCUT2D eigenvalue weighted by Gasteiger charge is -2.26. The first-order chi connectivity index (χ1) is 8.15. The Hall–Kier alpha value is -0.230. The molecule has 0 aromatic carbocycles. The lowest BCUT2D eigenvalue weighted by molar-refractivity contribution is 0.0137. The van der Waals surface area contributed by atoms with Gasteiger partial charge in [0, 0.05) is 19.4 Å². The topological polar surface area (TPSA) is 38.3 Å². The van der Waals surface area contributed by atoms with Crippen LogP contribution < -0.4 is 5.32 Å². The number of thiophene rings is 1. The summed E-state index contributed by atoms with van der Waals surface area (Å²) in [6.07, 6.45) is 0.986. The highest BCUT2D eigenvalue weighted by Gasteiger charge is 2.34. The van der Waals surface area contributed by atoms with Crippen LogP contribution in [-0.4, -0.2) is 36.7 Å². The Balaban J connectivity index is 1.91. The van der Waals surface area contributed by atoms with E-state index in [1.54, 1.807) is 19.2 Å². The zero-order valence-electron chi connectivity index (χ0n) is 9.49. The molecule has 1 aliphatic rings. The van der Waals surface area contributed by atoms with Gasteiger partial charge in [-0.05, 0) is 24.3 Å². The number of methoxy groups -OCH3 is 1. The van der Waals surface area contributed by atoms with Crippen LogP contribution in [0.25, 0.3) is 0 Å². The monoisotopic (exact) mass is 291 g/mol. The molecule has 3 nitrogen and oxygen atoms in total. The quantitative estimate of drug-likeness (QED) is 0.927. The molecular formula is C11H14ClNO2S2. The first-order valence-electron chi connectivity index (χ1n) is 5.32. The number of ether oxygens (including phenoxy) is 1. The molecule has 1 amide bonds. The third-order valence-corrected chi connectivity index (χ3v) is 5.32. The molecule has 94 valence electrons. The summed E-state index contributed by atoms with van der Waals surface area (Å²) in [4.78, 5) is 12.5. The maximum Gasteiger partial charge on any atom is 0.261 e. The van der Waals surface area contributed by atoms with Crippen molar-refractivity contribution in [1.29, 1.82) is 0 Å². The number of carbonyl (C=O) groups excluding carboxylic acids is 1. The molecule has 0 spiro atoms. The number of nitrogens with one attached hydrogen (secondary N) is 1. The van der Waals surface area contributed by atoms with E-state index in [9.17, 15) is 4.79 Å². The number of thioether (sulfide) groups is 1. The van der Waals surface area contributed by atoms with Crippen LogP contribution >= 0.6 is 34.7 Å². The van der Waals surface area contributed by atoms with Gasteiger partial charge in [-0.15, -0.1) is 11.3 Å². The van der Waals surface area contributed by atoms with E-state index in [0.717, 1.165) is 17.9 Å². The van der Waals surface area contributed by atoms with Crippen LogP contribution in [0.5, 0.6) is 0 Å². The molecule has 1 unspecified atom stereocenters. The summed E-state index contributed by atoms with van der Waals surface area (Å²) in [5.74, 6) is 1.96. The van der Waals surface area contributed by atoms with Crippen LogP contribution in [0.15, 0.2) is 12.1 Å². The van der Waals surface area contributed by atoms with E-state index in [2.05, 4.69) is 5.32 Å². The Morgan fingerprint density at radius 3 is 3.00 bits per heavy atom. The predicted octanol–water partition coefficient (Wildman–Crippen LogP) is 2.65. The SMILES string of the molecule is COC1(CNC(=O)c2ccc(Cl)s2)CCSC1. The van der Waals surface area contributed by atoms with Gasteiger partial charge in [-0.1, -0.05) is 11.6 Å². The molecule has 1 aromatic heterocycles. The summed E-state index contributed by atoms with van der Waals surface area (Å²) in [7, 11) is 1.71. The lowest BCUT2D eigenvalue weighted by atomic mass is 10.0. The Kier molecular flexibility index (Phi) is 4.36. The molecule has 1 aromatic rings. The van der Waals surface area contributed by atoms with Gasteiger partial charge in [0.2, 0.25) is 0 Å². The molecule has 0 radical (unpaired) electrons. The van der Waals surface area contributed by atoms with Gasteiger partial charge in [-0.25, -0.2) is 0 Å². The molecule has 0 bridgehead atoms. The van der Waals surface area contributed by atoms with Gasteiger partial charge in [0.05, 0.1) is 14.8 Å². The van der Waals surface area contributed by atoms with Crippen molar-refractivity contribution in [2.45, 2.75) is 12.0 Å². The molecule has 6 heteroatoms. The second-order valence-corrected chi connectivity index (χ2v) is 6.80. The van der Waals surface area contributed by atoms with Crippen LogP contribution in [-0.2, 0) is 4.74 Å². The predicted molar refractivity (Wildman–Crippen MR) is 73.3 cm³/mol. The van der Waals surface area contributed by atoms with E-state index in [1.165, 1.54) is 11.3 Å². The Bertz CT molecular complexity index is 402. The van der Waals surface area contributed by atoms with Crippen LogP contribution in [0.4, 0.5) is 0 Å². The van der Waals surface area contributed by atoms with Crippen molar-refractivity contribution in [3.05, 3.63) is 21.3 Å². The summed E-state index contributed by atoms with van der Waals surface area (Å²) in [6.45, 7) is 0.560. The number of halogens is 1. The number of rotatable bonds is 4. The Labute approximate surface area is 114 Å². The fourth-order valence-electron chi connectivity index (χ4n) is 1.73. The van der Waals surface area contributed by atoms with E-state index in [4.69, 9.17) is 16.3 Å². The van der Waals surface area contributed by atoms with Crippen molar-refractivity contribution in [3.8, 4) is 0 Å². The van der Waals surface area contributed by atoms with Gasteiger partial charge in [0.1, 0.15) is 0 Å². The van der Waals surface area contributed by atoms with Crippen molar-refractivity contribution in [3.63, 3.8) is 0 Å². The molecule has 1 N–H and O–H groups in total. The van der Waals surface area contributed by atoms with Crippen molar-refractivity contribution < 1.29 is 9.53 Å². The molecular weight excluding hydrogens is 278 g/mol. The fraction of sp³-hybridized carbons (Fsp3) is 0.545. The van der Waals surface area contributed by atoms with Gasteiger partial charge in [0.15, 0.2) is 0 Å². The molecule has 1 aliphatic heterocycles. The molecule has 1 fully saturated rings. The maximum atomic E-state index is 11.9. The lowest BCUT2D eigenvalue weighted by Crippen LogP contribution is -2.44. The van der Waals surface area contributed by atoms with E-state index in [0.29, 0.717) is 15.8 Å². The zero-order chi connectivity index (χ0) is 12.3. The minimum Gasteiger partial charge on any atom is -0.376 e. The van der Waals surface area contributed by atoms with Gasteiger partial charge < -0.3 is 10.1 Å². The van der Waals surface area contributed by atoms with E-state index < -0.39 is 0 Å². The standard InChI is InChI=1S/C11H14ClNO2S2/c1-15-11(4-5-16-7-11)6-13-10(14)8-2-3-9(12)17-8/h2-3H,4-7H2,1H3,(H,13,14). The highest BCUT2D eigenvalue weighted by molar-refractivity contribution is 7.99. The average molecular weight is 292 g/mol. The average Bonchev–Trinajstić information content (AvgIpc) is 2.95. The first-order valence-corrected chi connectivity index (χ1v) is 7.67. The molecule has 17 heavy (non-hydrogen) atoms. The number of hydrogen-bond donors (Lipinski definition) is 1. The van der Waals surface area contributed by atoms with Crippen LogP contribution in [0.3, 0.4) is 0 Å². The van der Waals surface area contributed by atoms with Gasteiger partial charge in [0.25, 0.3) is 5.91 Å².